The van der Waals surface area contributed by atoms with Gasteiger partial charge in [-0.1, -0.05) is 19.3 Å². The van der Waals surface area contributed by atoms with Gasteiger partial charge >= 0.3 is 0 Å². The zero-order valence-electron chi connectivity index (χ0n) is 14.2. The Morgan fingerprint density at radius 2 is 1.90 bits per heavy atom. The van der Waals surface area contributed by atoms with Gasteiger partial charge in [-0.2, -0.15) is 5.10 Å². The summed E-state index contributed by atoms with van der Waals surface area (Å²) in [7, 11) is 0. The summed E-state index contributed by atoms with van der Waals surface area (Å²) in [4.78, 5) is 4.49. The van der Waals surface area contributed by atoms with Crippen LogP contribution in [-0.4, -0.2) is 26.8 Å². The number of aromatic nitrogens is 3. The Labute approximate surface area is 129 Å². The van der Waals surface area contributed by atoms with Crippen LogP contribution >= 0.6 is 0 Å². The van der Waals surface area contributed by atoms with Gasteiger partial charge in [-0.25, -0.2) is 4.98 Å². The van der Waals surface area contributed by atoms with E-state index >= 15 is 0 Å². The Hall–Kier alpha value is -0.900. The van der Waals surface area contributed by atoms with Crippen molar-refractivity contribution in [2.24, 2.45) is 11.8 Å². The molecule has 1 aromatic heterocycles. The smallest absolute Gasteiger partial charge is 0.138 e. The quantitative estimate of drug-likeness (QED) is 0.846. The van der Waals surface area contributed by atoms with Crippen LogP contribution in [0.5, 0.6) is 0 Å². The van der Waals surface area contributed by atoms with E-state index in [1.807, 2.05) is 0 Å². The molecule has 1 aromatic rings. The Bertz CT molecular complexity index is 419. The third-order valence-electron chi connectivity index (χ3n) is 4.65. The minimum Gasteiger partial charge on any atom is -0.312 e. The molecule has 0 aromatic carbocycles. The van der Waals surface area contributed by atoms with Gasteiger partial charge in [0.05, 0.1) is 0 Å². The molecule has 2 unspecified atom stereocenters. The van der Waals surface area contributed by atoms with Crippen molar-refractivity contribution in [3.8, 4) is 0 Å². The molecule has 0 radical (unpaired) electrons. The van der Waals surface area contributed by atoms with Gasteiger partial charge in [-0.3, -0.25) is 4.68 Å². The minimum atomic E-state index is 0.209. The van der Waals surface area contributed by atoms with Crippen LogP contribution in [0, 0.1) is 11.8 Å². The molecule has 1 saturated carbocycles. The van der Waals surface area contributed by atoms with Gasteiger partial charge in [0.15, 0.2) is 0 Å². The third-order valence-corrected chi connectivity index (χ3v) is 4.65. The lowest BCUT2D eigenvalue weighted by Gasteiger charge is -2.29. The summed E-state index contributed by atoms with van der Waals surface area (Å²) < 4.78 is 2.05. The van der Waals surface area contributed by atoms with E-state index in [2.05, 4.69) is 47.8 Å². The average molecular weight is 292 g/mol. The molecule has 120 valence electrons. The molecule has 21 heavy (non-hydrogen) atoms. The number of nitrogens with one attached hydrogen (secondary N) is 1. The molecule has 0 amide bonds. The largest absolute Gasteiger partial charge is 0.312 e. The highest BCUT2D eigenvalue weighted by molar-refractivity contribution is 4.91. The van der Waals surface area contributed by atoms with Crippen LogP contribution in [0.25, 0.3) is 0 Å². The zero-order chi connectivity index (χ0) is 15.3. The SMILES string of the molecule is CCn1ncnc1CC1CCCCCC1CNC(C)(C)C. The van der Waals surface area contributed by atoms with Gasteiger partial charge in [-0.15, -0.1) is 0 Å². The van der Waals surface area contributed by atoms with E-state index in [9.17, 15) is 0 Å². The van der Waals surface area contributed by atoms with Crippen LogP contribution in [0.1, 0.15) is 65.6 Å². The first kappa shape index (κ1) is 16.5. The van der Waals surface area contributed by atoms with E-state index in [1.54, 1.807) is 6.33 Å². The van der Waals surface area contributed by atoms with Gasteiger partial charge in [0.25, 0.3) is 0 Å². The molecule has 1 aliphatic rings. The van der Waals surface area contributed by atoms with Crippen LogP contribution in [0.4, 0.5) is 0 Å². The Kier molecular flexibility index (Phi) is 5.80. The van der Waals surface area contributed by atoms with Crippen LogP contribution in [0.2, 0.25) is 0 Å². The Morgan fingerprint density at radius 1 is 1.19 bits per heavy atom. The number of aryl methyl sites for hydroxylation is 1. The summed E-state index contributed by atoms with van der Waals surface area (Å²) in [5.41, 5.74) is 0.209. The van der Waals surface area contributed by atoms with Crippen molar-refractivity contribution in [3.05, 3.63) is 12.2 Å². The molecule has 0 spiro atoms. The maximum Gasteiger partial charge on any atom is 0.138 e. The van der Waals surface area contributed by atoms with E-state index in [4.69, 9.17) is 0 Å². The van der Waals surface area contributed by atoms with Gasteiger partial charge in [0, 0.05) is 18.5 Å². The fourth-order valence-corrected chi connectivity index (χ4v) is 3.38. The first-order valence-electron chi connectivity index (χ1n) is 8.61. The van der Waals surface area contributed by atoms with Crippen molar-refractivity contribution in [3.63, 3.8) is 0 Å². The average Bonchev–Trinajstić information content (AvgIpc) is 2.74. The number of nitrogens with zero attached hydrogens (tertiary/aromatic N) is 3. The van der Waals surface area contributed by atoms with Crippen molar-refractivity contribution in [1.82, 2.24) is 20.1 Å². The summed E-state index contributed by atoms with van der Waals surface area (Å²) in [5.74, 6) is 2.69. The maximum atomic E-state index is 4.49. The van der Waals surface area contributed by atoms with Crippen LogP contribution in [0.15, 0.2) is 6.33 Å². The van der Waals surface area contributed by atoms with E-state index in [1.165, 1.54) is 37.9 Å². The van der Waals surface area contributed by atoms with Gasteiger partial charge in [0.1, 0.15) is 12.2 Å². The lowest BCUT2D eigenvalue weighted by molar-refractivity contribution is 0.264. The molecule has 1 aliphatic carbocycles. The topological polar surface area (TPSA) is 42.7 Å². The lowest BCUT2D eigenvalue weighted by Crippen LogP contribution is -2.41. The van der Waals surface area contributed by atoms with E-state index in [0.717, 1.165) is 31.3 Å². The molecule has 1 N–H and O–H groups in total. The molecule has 0 saturated heterocycles. The molecule has 4 heteroatoms. The second kappa shape index (κ2) is 7.39. The molecular weight excluding hydrogens is 260 g/mol. The molecule has 0 bridgehead atoms. The standard InChI is InChI=1S/C17H32N4/c1-5-21-16(18-13-20-21)11-14-9-7-6-8-10-15(14)12-19-17(2,3)4/h13-15,19H,5-12H2,1-4H3. The fourth-order valence-electron chi connectivity index (χ4n) is 3.38. The number of hydrogen-bond donors (Lipinski definition) is 1. The summed E-state index contributed by atoms with van der Waals surface area (Å²) in [5, 5.41) is 8.04. The number of rotatable bonds is 5. The van der Waals surface area contributed by atoms with Gasteiger partial charge < -0.3 is 5.32 Å². The van der Waals surface area contributed by atoms with Crippen molar-refractivity contribution < 1.29 is 0 Å². The van der Waals surface area contributed by atoms with Gasteiger partial charge in [0.2, 0.25) is 0 Å². The van der Waals surface area contributed by atoms with Crippen molar-refractivity contribution in [2.75, 3.05) is 6.54 Å². The predicted molar refractivity (Wildman–Crippen MR) is 87.2 cm³/mol. The third kappa shape index (κ3) is 5.10. The van der Waals surface area contributed by atoms with Crippen molar-refractivity contribution in [2.45, 2.75) is 78.3 Å². The Morgan fingerprint density at radius 3 is 2.57 bits per heavy atom. The zero-order valence-corrected chi connectivity index (χ0v) is 14.2. The molecule has 4 nitrogen and oxygen atoms in total. The summed E-state index contributed by atoms with van der Waals surface area (Å²) in [6, 6.07) is 0. The molecule has 0 aliphatic heterocycles. The summed E-state index contributed by atoms with van der Waals surface area (Å²) in [6.07, 6.45) is 9.64. The molecule has 1 fully saturated rings. The minimum absolute atomic E-state index is 0.209. The lowest BCUT2D eigenvalue weighted by atomic mass is 9.84. The van der Waals surface area contributed by atoms with E-state index in [-0.39, 0.29) is 5.54 Å². The second-order valence-corrected chi connectivity index (χ2v) is 7.49. The molecular formula is C17H32N4. The van der Waals surface area contributed by atoms with Crippen LogP contribution in [-0.2, 0) is 13.0 Å². The molecule has 2 rings (SSSR count). The number of hydrogen-bond acceptors (Lipinski definition) is 3. The predicted octanol–water partition coefficient (Wildman–Crippen LogP) is 3.43. The normalized spacial score (nSPS) is 24.0. The highest BCUT2D eigenvalue weighted by Crippen LogP contribution is 2.31. The summed E-state index contributed by atoms with van der Waals surface area (Å²) >= 11 is 0. The van der Waals surface area contributed by atoms with E-state index in [0.29, 0.717) is 0 Å². The highest BCUT2D eigenvalue weighted by Gasteiger charge is 2.26. The maximum absolute atomic E-state index is 4.49. The van der Waals surface area contributed by atoms with E-state index < -0.39 is 0 Å². The van der Waals surface area contributed by atoms with Crippen molar-refractivity contribution in [1.29, 1.82) is 0 Å². The van der Waals surface area contributed by atoms with Crippen molar-refractivity contribution >= 4 is 0 Å². The first-order chi connectivity index (χ1) is 9.99. The Balaban J connectivity index is 2.01. The second-order valence-electron chi connectivity index (χ2n) is 7.49. The van der Waals surface area contributed by atoms with Crippen LogP contribution in [0.3, 0.4) is 0 Å². The fraction of sp³-hybridized carbons (Fsp3) is 0.882. The van der Waals surface area contributed by atoms with Gasteiger partial charge in [-0.05, 0) is 58.9 Å². The monoisotopic (exact) mass is 292 g/mol. The highest BCUT2D eigenvalue weighted by atomic mass is 15.3. The summed E-state index contributed by atoms with van der Waals surface area (Å²) in [6.45, 7) is 11.0. The molecule has 1 heterocycles. The molecule has 2 atom stereocenters. The first-order valence-corrected chi connectivity index (χ1v) is 8.61. The van der Waals surface area contributed by atoms with Crippen LogP contribution < -0.4 is 5.32 Å².